The lowest BCUT2D eigenvalue weighted by molar-refractivity contribution is 0.0526. The summed E-state index contributed by atoms with van der Waals surface area (Å²) >= 11 is 11.3. The Morgan fingerprint density at radius 1 is 1.23 bits per heavy atom. The molecule has 0 aliphatic carbocycles. The summed E-state index contributed by atoms with van der Waals surface area (Å²) in [5.74, 6) is 1.08. The zero-order chi connectivity index (χ0) is 21.5. The first-order valence-corrected chi connectivity index (χ1v) is 9.77. The molecule has 30 heavy (non-hydrogen) atoms. The first kappa shape index (κ1) is 21.5. The van der Waals surface area contributed by atoms with E-state index in [9.17, 15) is 4.79 Å². The van der Waals surface area contributed by atoms with Gasteiger partial charge in [0.15, 0.2) is 5.11 Å². The van der Waals surface area contributed by atoms with Crippen molar-refractivity contribution < 1.29 is 18.8 Å². The third kappa shape index (κ3) is 5.46. The molecule has 0 saturated carbocycles. The molecule has 3 rings (SSSR count). The van der Waals surface area contributed by atoms with Gasteiger partial charge in [-0.25, -0.2) is 4.79 Å². The van der Waals surface area contributed by atoms with E-state index in [1.807, 2.05) is 24.3 Å². The summed E-state index contributed by atoms with van der Waals surface area (Å²) in [6.07, 6.45) is 0. The van der Waals surface area contributed by atoms with Gasteiger partial charge in [0.05, 0.1) is 30.8 Å². The van der Waals surface area contributed by atoms with Crippen molar-refractivity contribution in [1.29, 1.82) is 0 Å². The minimum Gasteiger partial charge on any atom is -0.497 e. The van der Waals surface area contributed by atoms with Crippen LogP contribution in [0.4, 0.5) is 5.69 Å². The maximum atomic E-state index is 12.0. The molecule has 2 N–H and O–H groups in total. The van der Waals surface area contributed by atoms with Gasteiger partial charge < -0.3 is 24.6 Å². The third-order valence-corrected chi connectivity index (χ3v) is 4.51. The van der Waals surface area contributed by atoms with Crippen molar-refractivity contribution in [3.63, 3.8) is 0 Å². The van der Waals surface area contributed by atoms with Crippen molar-refractivity contribution in [3.05, 3.63) is 58.9 Å². The largest absolute Gasteiger partial charge is 0.497 e. The molecular weight excluding hydrogens is 428 g/mol. The van der Waals surface area contributed by atoms with Gasteiger partial charge in [-0.05, 0) is 61.6 Å². The number of nitrogens with zero attached hydrogens (tertiary/aromatic N) is 2. The van der Waals surface area contributed by atoms with E-state index in [0.717, 1.165) is 11.3 Å². The van der Waals surface area contributed by atoms with Crippen LogP contribution in [0.15, 0.2) is 47.0 Å². The van der Waals surface area contributed by atoms with Crippen molar-refractivity contribution in [3.8, 4) is 17.1 Å². The first-order valence-electron chi connectivity index (χ1n) is 8.98. The fraction of sp³-hybridized carbons (Fsp3) is 0.200. The fourth-order valence-corrected chi connectivity index (χ4v) is 2.87. The highest BCUT2D eigenvalue weighted by molar-refractivity contribution is 7.80. The maximum Gasteiger partial charge on any atom is 0.339 e. The molecule has 0 aliphatic heterocycles. The summed E-state index contributed by atoms with van der Waals surface area (Å²) in [5, 5.41) is 10.5. The van der Waals surface area contributed by atoms with E-state index in [-0.39, 0.29) is 18.7 Å². The number of rotatable bonds is 7. The quantitative estimate of drug-likeness (QED) is 0.411. The second-order valence-electron chi connectivity index (χ2n) is 5.96. The zero-order valence-corrected chi connectivity index (χ0v) is 17.8. The van der Waals surface area contributed by atoms with Crippen LogP contribution in [0.5, 0.6) is 5.75 Å². The molecule has 2 aromatic carbocycles. The number of hydrogen-bond donors (Lipinski definition) is 2. The van der Waals surface area contributed by atoms with Gasteiger partial charge in [-0.3, -0.25) is 0 Å². The third-order valence-electron chi connectivity index (χ3n) is 3.94. The predicted molar refractivity (Wildman–Crippen MR) is 117 cm³/mol. The van der Waals surface area contributed by atoms with Crippen LogP contribution in [0.2, 0.25) is 5.02 Å². The van der Waals surface area contributed by atoms with Crippen LogP contribution in [0.25, 0.3) is 11.4 Å². The first-order chi connectivity index (χ1) is 14.5. The van der Waals surface area contributed by atoms with Crippen LogP contribution in [-0.2, 0) is 11.3 Å². The summed E-state index contributed by atoms with van der Waals surface area (Å²) in [6.45, 7) is 2.22. The minimum absolute atomic E-state index is 0.229. The van der Waals surface area contributed by atoms with Crippen molar-refractivity contribution in [2.24, 2.45) is 0 Å². The molecule has 10 heteroatoms. The molecule has 0 unspecified atom stereocenters. The highest BCUT2D eigenvalue weighted by Crippen LogP contribution is 2.22. The van der Waals surface area contributed by atoms with E-state index >= 15 is 0 Å². The number of esters is 1. The number of nitrogens with one attached hydrogen (secondary N) is 2. The Bertz CT molecular complexity index is 1040. The van der Waals surface area contributed by atoms with E-state index in [0.29, 0.717) is 27.5 Å². The van der Waals surface area contributed by atoms with Gasteiger partial charge in [0.1, 0.15) is 5.75 Å². The van der Waals surface area contributed by atoms with Crippen LogP contribution in [-0.4, -0.2) is 34.9 Å². The van der Waals surface area contributed by atoms with Gasteiger partial charge in [-0.15, -0.1) is 0 Å². The molecule has 0 radical (unpaired) electrons. The molecule has 8 nitrogen and oxygen atoms in total. The Morgan fingerprint density at radius 3 is 2.70 bits per heavy atom. The number of ether oxygens (including phenoxy) is 2. The molecule has 0 spiro atoms. The number of benzene rings is 2. The lowest BCUT2D eigenvalue weighted by Crippen LogP contribution is -2.28. The Morgan fingerprint density at radius 2 is 2.00 bits per heavy atom. The second-order valence-corrected chi connectivity index (χ2v) is 6.78. The smallest absolute Gasteiger partial charge is 0.339 e. The minimum atomic E-state index is -0.498. The standard InChI is InChI=1S/C20H19ClN4O4S/c1-3-28-19(26)15-10-13(6-9-16(15)21)23-20(30)22-11-17-24-18(25-29-17)12-4-7-14(27-2)8-5-12/h4-10H,3,11H2,1-2H3,(H2,22,23,30). The van der Waals surface area contributed by atoms with Gasteiger partial charge in [0.25, 0.3) is 0 Å². The normalized spacial score (nSPS) is 10.4. The van der Waals surface area contributed by atoms with Crippen LogP contribution >= 0.6 is 23.8 Å². The van der Waals surface area contributed by atoms with Crippen LogP contribution in [0.1, 0.15) is 23.2 Å². The molecule has 156 valence electrons. The number of carbonyl (C=O) groups is 1. The lowest BCUT2D eigenvalue weighted by Gasteiger charge is -2.11. The van der Waals surface area contributed by atoms with Gasteiger partial charge >= 0.3 is 5.97 Å². The number of methoxy groups -OCH3 is 1. The van der Waals surface area contributed by atoms with E-state index in [2.05, 4.69) is 20.8 Å². The number of hydrogen-bond acceptors (Lipinski definition) is 7. The molecule has 0 saturated heterocycles. The predicted octanol–water partition coefficient (Wildman–Crippen LogP) is 4.06. The monoisotopic (exact) mass is 446 g/mol. The van der Waals surface area contributed by atoms with Crippen molar-refractivity contribution in [2.75, 3.05) is 19.0 Å². The molecule has 1 heterocycles. The average Bonchev–Trinajstić information content (AvgIpc) is 3.23. The highest BCUT2D eigenvalue weighted by Gasteiger charge is 2.13. The van der Waals surface area contributed by atoms with Gasteiger partial charge in [-0.1, -0.05) is 16.8 Å². The van der Waals surface area contributed by atoms with E-state index < -0.39 is 5.97 Å². The van der Waals surface area contributed by atoms with Crippen LogP contribution < -0.4 is 15.4 Å². The van der Waals surface area contributed by atoms with Crippen LogP contribution in [0.3, 0.4) is 0 Å². The summed E-state index contributed by atoms with van der Waals surface area (Å²) < 4.78 is 15.4. The molecule has 1 aromatic heterocycles. The van der Waals surface area contributed by atoms with Gasteiger partial charge in [0.2, 0.25) is 11.7 Å². The van der Waals surface area contributed by atoms with Crippen molar-refractivity contribution >= 4 is 40.6 Å². The Balaban J connectivity index is 1.58. The Labute approximate surface area is 183 Å². The number of carbonyl (C=O) groups excluding carboxylic acids is 1. The van der Waals surface area contributed by atoms with E-state index in [1.54, 1.807) is 32.2 Å². The summed E-state index contributed by atoms with van der Waals surface area (Å²) in [4.78, 5) is 16.3. The topological polar surface area (TPSA) is 98.5 Å². The maximum absolute atomic E-state index is 12.0. The zero-order valence-electron chi connectivity index (χ0n) is 16.3. The summed E-state index contributed by atoms with van der Waals surface area (Å²) in [7, 11) is 1.60. The Hall–Kier alpha value is -3.17. The van der Waals surface area contributed by atoms with E-state index in [4.69, 9.17) is 37.8 Å². The average molecular weight is 447 g/mol. The fourth-order valence-electron chi connectivity index (χ4n) is 2.48. The molecule has 0 fully saturated rings. The van der Waals surface area contributed by atoms with Crippen molar-refractivity contribution in [1.82, 2.24) is 15.5 Å². The summed E-state index contributed by atoms with van der Waals surface area (Å²) in [6, 6.07) is 12.2. The molecule has 0 bridgehead atoms. The number of thiocarbonyl (C=S) groups is 1. The molecule has 0 aliphatic rings. The SMILES string of the molecule is CCOC(=O)c1cc(NC(=S)NCc2nc(-c3ccc(OC)cc3)no2)ccc1Cl. The van der Waals surface area contributed by atoms with Crippen LogP contribution in [0, 0.1) is 0 Å². The number of anilines is 1. The molecule has 3 aromatic rings. The second kappa shape index (κ2) is 10.0. The molecule has 0 atom stereocenters. The van der Waals surface area contributed by atoms with Gasteiger partial charge in [0, 0.05) is 11.3 Å². The van der Waals surface area contributed by atoms with Gasteiger partial charge in [-0.2, -0.15) is 4.98 Å². The van der Waals surface area contributed by atoms with E-state index in [1.165, 1.54) is 0 Å². The lowest BCUT2D eigenvalue weighted by atomic mass is 10.2. The number of halogens is 1. The summed E-state index contributed by atoms with van der Waals surface area (Å²) in [5.41, 5.74) is 1.65. The van der Waals surface area contributed by atoms with Crippen molar-refractivity contribution in [2.45, 2.75) is 13.5 Å². The number of aromatic nitrogens is 2. The molecular formula is C20H19ClN4O4S. The Kier molecular flexibility index (Phi) is 7.21. The highest BCUT2D eigenvalue weighted by atomic mass is 35.5. The molecule has 0 amide bonds.